The van der Waals surface area contributed by atoms with Crippen molar-refractivity contribution in [3.05, 3.63) is 81.9 Å². The third-order valence-electron chi connectivity index (χ3n) is 3.00. The summed E-state index contributed by atoms with van der Waals surface area (Å²) in [5, 5.41) is 7.13. The number of amides is 1. The molecular formula is C16H11ClN4O2. The highest BCUT2D eigenvalue weighted by molar-refractivity contribution is 6.30. The fourth-order valence-electron chi connectivity index (χ4n) is 1.94. The first-order valence-electron chi connectivity index (χ1n) is 6.72. The van der Waals surface area contributed by atoms with Crippen molar-refractivity contribution in [2.45, 2.75) is 0 Å². The number of benzene rings is 1. The Morgan fingerprint density at radius 3 is 2.61 bits per heavy atom. The van der Waals surface area contributed by atoms with Gasteiger partial charge in [0.2, 0.25) is 0 Å². The molecule has 3 aromatic rings. The molecule has 0 atom stereocenters. The summed E-state index contributed by atoms with van der Waals surface area (Å²) in [5.41, 5.74) is 0.344. The first-order chi connectivity index (χ1) is 11.1. The van der Waals surface area contributed by atoms with Crippen LogP contribution < -0.4 is 10.9 Å². The lowest BCUT2D eigenvalue weighted by atomic mass is 10.3. The number of para-hydroxylation sites is 1. The van der Waals surface area contributed by atoms with E-state index in [0.717, 1.165) is 0 Å². The topological polar surface area (TPSA) is 76.9 Å². The number of pyridine rings is 1. The lowest BCUT2D eigenvalue weighted by molar-refractivity contribution is 0.102. The Bertz CT molecular complexity index is 909. The fourth-order valence-corrected chi connectivity index (χ4v) is 2.10. The Kier molecular flexibility index (Phi) is 4.16. The average Bonchev–Trinajstić information content (AvgIpc) is 2.56. The molecule has 1 N–H and O–H groups in total. The van der Waals surface area contributed by atoms with Crippen LogP contribution in [-0.2, 0) is 0 Å². The molecule has 0 saturated carbocycles. The Balaban J connectivity index is 1.92. The minimum atomic E-state index is -0.482. The molecule has 23 heavy (non-hydrogen) atoms. The van der Waals surface area contributed by atoms with Gasteiger partial charge < -0.3 is 5.32 Å². The molecule has 0 fully saturated rings. The van der Waals surface area contributed by atoms with Crippen LogP contribution in [0.1, 0.15) is 10.5 Å². The van der Waals surface area contributed by atoms with Gasteiger partial charge in [-0.05, 0) is 30.3 Å². The predicted molar refractivity (Wildman–Crippen MR) is 87.0 cm³/mol. The number of rotatable bonds is 3. The van der Waals surface area contributed by atoms with Gasteiger partial charge in [-0.15, -0.1) is 0 Å². The van der Waals surface area contributed by atoms with Crippen LogP contribution in [0.5, 0.6) is 0 Å². The largest absolute Gasteiger partial charge is 0.305 e. The number of carbonyl (C=O) groups is 1. The van der Waals surface area contributed by atoms with Gasteiger partial charge in [0.1, 0.15) is 11.5 Å². The number of nitrogens with one attached hydrogen (secondary N) is 1. The Morgan fingerprint density at radius 1 is 1.09 bits per heavy atom. The molecular weight excluding hydrogens is 316 g/mol. The molecule has 0 bridgehead atoms. The maximum atomic E-state index is 12.2. The molecule has 0 saturated heterocycles. The van der Waals surface area contributed by atoms with Crippen LogP contribution in [0, 0.1) is 0 Å². The molecule has 1 amide bonds. The first kappa shape index (κ1) is 14.9. The normalized spacial score (nSPS) is 10.3. The van der Waals surface area contributed by atoms with Gasteiger partial charge >= 0.3 is 0 Å². The van der Waals surface area contributed by atoms with E-state index in [1.54, 1.807) is 30.3 Å². The number of carbonyl (C=O) groups excluding carboxylic acids is 1. The van der Waals surface area contributed by atoms with Crippen LogP contribution in [0.25, 0.3) is 5.69 Å². The van der Waals surface area contributed by atoms with E-state index in [-0.39, 0.29) is 11.3 Å². The second-order valence-corrected chi connectivity index (χ2v) is 5.05. The molecule has 7 heteroatoms. The highest BCUT2D eigenvalue weighted by atomic mass is 35.5. The second kappa shape index (κ2) is 6.41. The van der Waals surface area contributed by atoms with Gasteiger partial charge in [-0.25, -0.2) is 4.98 Å². The smallest absolute Gasteiger partial charge is 0.277 e. The Labute approximate surface area is 136 Å². The minimum absolute atomic E-state index is 0.0928. The number of hydrogen-bond donors (Lipinski definition) is 1. The van der Waals surface area contributed by atoms with Gasteiger partial charge in [-0.3, -0.25) is 9.59 Å². The van der Waals surface area contributed by atoms with E-state index in [0.29, 0.717) is 16.5 Å². The van der Waals surface area contributed by atoms with E-state index in [1.165, 1.54) is 29.1 Å². The van der Waals surface area contributed by atoms with Crippen LogP contribution in [0.2, 0.25) is 5.02 Å². The van der Waals surface area contributed by atoms with E-state index in [2.05, 4.69) is 15.4 Å². The molecule has 114 valence electrons. The molecule has 6 nitrogen and oxygen atoms in total. The zero-order valence-corrected chi connectivity index (χ0v) is 12.6. The highest BCUT2D eigenvalue weighted by Crippen LogP contribution is 2.12. The predicted octanol–water partition coefficient (Wildman–Crippen LogP) is 2.53. The quantitative estimate of drug-likeness (QED) is 0.802. The standard InChI is InChI=1S/C16H11ClN4O2/c17-11-8-9-18-14(10-11)19-16(23)13-6-7-15(22)21(20-13)12-4-2-1-3-5-12/h1-10H,(H,18,19,23). The zero-order chi connectivity index (χ0) is 16.2. The van der Waals surface area contributed by atoms with Crippen LogP contribution in [0.15, 0.2) is 65.6 Å². The van der Waals surface area contributed by atoms with Gasteiger partial charge in [0.05, 0.1) is 5.69 Å². The molecule has 0 radical (unpaired) electrons. The van der Waals surface area contributed by atoms with Gasteiger partial charge in [0.25, 0.3) is 11.5 Å². The highest BCUT2D eigenvalue weighted by Gasteiger charge is 2.11. The van der Waals surface area contributed by atoms with Crippen molar-refractivity contribution >= 4 is 23.3 Å². The van der Waals surface area contributed by atoms with Crippen molar-refractivity contribution < 1.29 is 4.79 Å². The van der Waals surface area contributed by atoms with Crippen molar-refractivity contribution in [1.82, 2.24) is 14.8 Å². The maximum Gasteiger partial charge on any atom is 0.277 e. The Hall–Kier alpha value is -2.99. The van der Waals surface area contributed by atoms with Crippen LogP contribution >= 0.6 is 11.6 Å². The summed E-state index contributed by atoms with van der Waals surface area (Å²) in [6.45, 7) is 0. The zero-order valence-electron chi connectivity index (χ0n) is 11.8. The second-order valence-electron chi connectivity index (χ2n) is 4.62. The summed E-state index contributed by atoms with van der Waals surface area (Å²) >= 11 is 5.85. The molecule has 0 aliphatic carbocycles. The number of aromatic nitrogens is 3. The fraction of sp³-hybridized carbons (Fsp3) is 0. The number of anilines is 1. The number of hydrogen-bond acceptors (Lipinski definition) is 4. The molecule has 0 aliphatic heterocycles. The van der Waals surface area contributed by atoms with E-state index in [4.69, 9.17) is 11.6 Å². The van der Waals surface area contributed by atoms with E-state index >= 15 is 0 Å². The first-order valence-corrected chi connectivity index (χ1v) is 7.10. The van der Waals surface area contributed by atoms with E-state index < -0.39 is 5.91 Å². The van der Waals surface area contributed by atoms with Crippen molar-refractivity contribution in [3.8, 4) is 5.69 Å². The summed E-state index contributed by atoms with van der Waals surface area (Å²) in [6, 6.07) is 14.6. The van der Waals surface area contributed by atoms with Crippen molar-refractivity contribution in [2.24, 2.45) is 0 Å². The monoisotopic (exact) mass is 326 g/mol. The van der Waals surface area contributed by atoms with Crippen LogP contribution in [0.3, 0.4) is 0 Å². The van der Waals surface area contributed by atoms with Gasteiger partial charge in [-0.1, -0.05) is 29.8 Å². The molecule has 2 aromatic heterocycles. The van der Waals surface area contributed by atoms with Gasteiger partial charge in [-0.2, -0.15) is 9.78 Å². The number of nitrogens with zero attached hydrogens (tertiary/aromatic N) is 3. The van der Waals surface area contributed by atoms with Crippen molar-refractivity contribution in [1.29, 1.82) is 0 Å². The summed E-state index contributed by atoms with van der Waals surface area (Å²) in [5.74, 6) is -0.175. The summed E-state index contributed by atoms with van der Waals surface area (Å²) in [7, 11) is 0. The van der Waals surface area contributed by atoms with Crippen molar-refractivity contribution in [3.63, 3.8) is 0 Å². The average molecular weight is 327 g/mol. The molecule has 1 aromatic carbocycles. The molecule has 0 aliphatic rings. The summed E-state index contributed by atoms with van der Waals surface area (Å²) in [6.07, 6.45) is 1.48. The lowest BCUT2D eigenvalue weighted by Crippen LogP contribution is -2.25. The minimum Gasteiger partial charge on any atom is -0.305 e. The third-order valence-corrected chi connectivity index (χ3v) is 3.23. The summed E-state index contributed by atoms with van der Waals surface area (Å²) < 4.78 is 1.17. The molecule has 3 rings (SSSR count). The van der Waals surface area contributed by atoms with Crippen molar-refractivity contribution in [2.75, 3.05) is 5.32 Å². The van der Waals surface area contributed by atoms with Crippen LogP contribution in [0.4, 0.5) is 5.82 Å². The maximum absolute atomic E-state index is 12.2. The third kappa shape index (κ3) is 3.44. The van der Waals surface area contributed by atoms with E-state index in [1.807, 2.05) is 6.07 Å². The SMILES string of the molecule is O=C(Nc1cc(Cl)ccn1)c1ccc(=O)n(-c2ccccc2)n1. The number of halogens is 1. The molecule has 0 spiro atoms. The molecule has 0 unspecified atom stereocenters. The van der Waals surface area contributed by atoms with Gasteiger partial charge in [0, 0.05) is 17.3 Å². The Morgan fingerprint density at radius 2 is 1.87 bits per heavy atom. The molecule has 2 heterocycles. The summed E-state index contributed by atoms with van der Waals surface area (Å²) in [4.78, 5) is 28.2. The van der Waals surface area contributed by atoms with E-state index in [9.17, 15) is 9.59 Å². The lowest BCUT2D eigenvalue weighted by Gasteiger charge is -2.07. The van der Waals surface area contributed by atoms with Gasteiger partial charge in [0.15, 0.2) is 0 Å². The van der Waals surface area contributed by atoms with Crippen LogP contribution in [-0.4, -0.2) is 20.7 Å².